The number of nitrogens with zero attached hydrogens (tertiary/aromatic N) is 1. The van der Waals surface area contributed by atoms with Crippen molar-refractivity contribution < 1.29 is 17.6 Å². The molecule has 2 aromatic rings. The van der Waals surface area contributed by atoms with E-state index in [-0.39, 0.29) is 23.7 Å². The molecule has 4 rings (SSSR count). The molecule has 2 aliphatic heterocycles. The van der Waals surface area contributed by atoms with Crippen LogP contribution in [0, 0.1) is 5.82 Å². The molecule has 1 aromatic heterocycles. The fraction of sp³-hybridized carbons (Fsp3) is 0.316. The van der Waals surface area contributed by atoms with Gasteiger partial charge in [-0.2, -0.15) is 0 Å². The van der Waals surface area contributed by atoms with Gasteiger partial charge in [0.2, 0.25) is 10.0 Å². The lowest BCUT2D eigenvalue weighted by Crippen LogP contribution is -2.35. The van der Waals surface area contributed by atoms with E-state index < -0.39 is 21.7 Å². The molecule has 29 heavy (non-hydrogen) atoms. The van der Waals surface area contributed by atoms with E-state index >= 15 is 0 Å². The molecule has 0 fully saturated rings. The number of amides is 1. The van der Waals surface area contributed by atoms with E-state index in [2.05, 4.69) is 10.0 Å². The van der Waals surface area contributed by atoms with Crippen LogP contribution in [-0.2, 0) is 34.2 Å². The maximum atomic E-state index is 14.6. The Hall–Kier alpha value is -1.94. The molecular formula is C19H19ClFN3O3S2. The lowest BCUT2D eigenvalue weighted by atomic mass is 9.99. The lowest BCUT2D eigenvalue weighted by molar-refractivity contribution is -0.114. The number of hydrogen-bond acceptors (Lipinski definition) is 5. The fourth-order valence-electron chi connectivity index (χ4n) is 3.43. The number of thiophene rings is 1. The molecule has 1 aromatic carbocycles. The fourth-order valence-corrected chi connectivity index (χ4v) is 5.74. The first-order chi connectivity index (χ1) is 13.8. The monoisotopic (exact) mass is 455 g/mol. The molecule has 1 amide bonds. The molecule has 0 unspecified atom stereocenters. The van der Waals surface area contributed by atoms with Crippen molar-refractivity contribution >= 4 is 44.6 Å². The number of nitrogens with one attached hydrogen (secondary N) is 2. The van der Waals surface area contributed by atoms with Crippen LogP contribution in [-0.4, -0.2) is 33.2 Å². The van der Waals surface area contributed by atoms with Gasteiger partial charge in [-0.15, -0.1) is 11.3 Å². The van der Waals surface area contributed by atoms with Crippen LogP contribution in [0.3, 0.4) is 0 Å². The SMILES string of the molecule is O=C1C(NS(=O)(=O)CCc2ccc(Cl)s2)=CCN1c1cc2c(cc1F)CNCC2. The molecule has 2 aliphatic rings. The van der Waals surface area contributed by atoms with Gasteiger partial charge in [-0.05, 0) is 60.9 Å². The zero-order valence-electron chi connectivity index (χ0n) is 15.4. The molecule has 6 nitrogen and oxygen atoms in total. The highest BCUT2D eigenvalue weighted by atomic mass is 35.5. The Kier molecular flexibility index (Phi) is 5.65. The molecule has 0 atom stereocenters. The van der Waals surface area contributed by atoms with Gasteiger partial charge in [0.15, 0.2) is 0 Å². The summed E-state index contributed by atoms with van der Waals surface area (Å²) in [5, 5.41) is 3.18. The van der Waals surface area contributed by atoms with Crippen molar-refractivity contribution in [1.82, 2.24) is 10.0 Å². The zero-order valence-corrected chi connectivity index (χ0v) is 17.8. The number of rotatable bonds is 6. The highest BCUT2D eigenvalue weighted by molar-refractivity contribution is 7.89. The van der Waals surface area contributed by atoms with Crippen molar-refractivity contribution in [2.45, 2.75) is 19.4 Å². The molecular weight excluding hydrogens is 437 g/mol. The summed E-state index contributed by atoms with van der Waals surface area (Å²) in [5.74, 6) is -1.22. The normalized spacial score (nSPS) is 16.7. The Morgan fingerprint density at radius 3 is 2.86 bits per heavy atom. The Labute approximate surface area is 177 Å². The van der Waals surface area contributed by atoms with E-state index in [1.165, 1.54) is 28.4 Å². The van der Waals surface area contributed by atoms with E-state index in [1.54, 1.807) is 18.2 Å². The molecule has 154 valence electrons. The highest BCUT2D eigenvalue weighted by Gasteiger charge is 2.30. The summed E-state index contributed by atoms with van der Waals surface area (Å²) in [5.41, 5.74) is 2.01. The molecule has 2 N–H and O–H groups in total. The van der Waals surface area contributed by atoms with Crippen molar-refractivity contribution in [3.05, 3.63) is 62.2 Å². The average molecular weight is 456 g/mol. The van der Waals surface area contributed by atoms with Crippen LogP contribution < -0.4 is 14.9 Å². The predicted octanol–water partition coefficient (Wildman–Crippen LogP) is 2.58. The minimum absolute atomic E-state index is 0.0481. The van der Waals surface area contributed by atoms with Crippen LogP contribution >= 0.6 is 22.9 Å². The van der Waals surface area contributed by atoms with Crippen molar-refractivity contribution in [2.75, 3.05) is 23.7 Å². The van der Waals surface area contributed by atoms with Crippen LogP contribution in [0.15, 0.2) is 36.0 Å². The number of sulfonamides is 1. The van der Waals surface area contributed by atoms with Crippen molar-refractivity contribution in [3.63, 3.8) is 0 Å². The van der Waals surface area contributed by atoms with Gasteiger partial charge in [0.25, 0.3) is 5.91 Å². The summed E-state index contributed by atoms with van der Waals surface area (Å²) in [7, 11) is -3.72. The Morgan fingerprint density at radius 2 is 2.10 bits per heavy atom. The van der Waals surface area contributed by atoms with Gasteiger partial charge in [-0.25, -0.2) is 12.8 Å². The number of carbonyl (C=O) groups is 1. The third-order valence-electron chi connectivity index (χ3n) is 4.91. The highest BCUT2D eigenvalue weighted by Crippen LogP contribution is 2.29. The van der Waals surface area contributed by atoms with Crippen LogP contribution in [0.5, 0.6) is 0 Å². The summed E-state index contributed by atoms with van der Waals surface area (Å²) < 4.78 is 42.3. The van der Waals surface area contributed by atoms with Crippen LogP contribution in [0.4, 0.5) is 10.1 Å². The molecule has 0 spiro atoms. The van der Waals surface area contributed by atoms with Gasteiger partial charge < -0.3 is 10.2 Å². The molecule has 0 radical (unpaired) electrons. The number of aryl methyl sites for hydroxylation is 1. The summed E-state index contributed by atoms with van der Waals surface area (Å²) in [6.45, 7) is 1.51. The zero-order chi connectivity index (χ0) is 20.6. The molecule has 0 saturated carbocycles. The van der Waals surface area contributed by atoms with Gasteiger partial charge in [0.1, 0.15) is 11.5 Å². The van der Waals surface area contributed by atoms with Crippen LogP contribution in [0.2, 0.25) is 4.34 Å². The Balaban J connectivity index is 1.44. The van der Waals surface area contributed by atoms with Crippen LogP contribution in [0.25, 0.3) is 0 Å². The van der Waals surface area contributed by atoms with Gasteiger partial charge in [-0.3, -0.25) is 9.52 Å². The van der Waals surface area contributed by atoms with Gasteiger partial charge in [0, 0.05) is 18.0 Å². The maximum Gasteiger partial charge on any atom is 0.275 e. The van der Waals surface area contributed by atoms with Crippen molar-refractivity contribution in [3.8, 4) is 0 Å². The smallest absolute Gasteiger partial charge is 0.275 e. The number of carbonyl (C=O) groups excluding carboxylic acids is 1. The van der Waals surface area contributed by atoms with E-state index in [1.807, 2.05) is 0 Å². The van der Waals surface area contributed by atoms with Gasteiger partial charge in [0.05, 0.1) is 15.8 Å². The number of anilines is 1. The molecule has 0 saturated heterocycles. The van der Waals surface area contributed by atoms with Gasteiger partial charge >= 0.3 is 0 Å². The number of hydrogen-bond donors (Lipinski definition) is 2. The quantitative estimate of drug-likeness (QED) is 0.701. The van der Waals surface area contributed by atoms with Crippen molar-refractivity contribution in [2.24, 2.45) is 0 Å². The first kappa shape index (κ1) is 20.3. The number of benzene rings is 1. The first-order valence-corrected chi connectivity index (χ1v) is 12.0. The topological polar surface area (TPSA) is 78.5 Å². The second-order valence-electron chi connectivity index (χ2n) is 6.91. The lowest BCUT2D eigenvalue weighted by Gasteiger charge is -2.23. The summed E-state index contributed by atoms with van der Waals surface area (Å²) in [6, 6.07) is 6.62. The Morgan fingerprint density at radius 1 is 1.28 bits per heavy atom. The molecule has 0 aliphatic carbocycles. The number of halogens is 2. The summed E-state index contributed by atoms with van der Waals surface area (Å²) in [4.78, 5) is 14.8. The summed E-state index contributed by atoms with van der Waals surface area (Å²) >= 11 is 7.18. The minimum atomic E-state index is -3.72. The van der Waals surface area contributed by atoms with Gasteiger partial charge in [-0.1, -0.05) is 11.6 Å². The maximum absolute atomic E-state index is 14.6. The van der Waals surface area contributed by atoms with Crippen molar-refractivity contribution in [1.29, 1.82) is 0 Å². The number of fused-ring (bicyclic) bond motifs is 1. The molecule has 10 heteroatoms. The molecule has 3 heterocycles. The summed E-state index contributed by atoms with van der Waals surface area (Å²) in [6.07, 6.45) is 2.53. The third-order valence-corrected chi connectivity index (χ3v) is 7.47. The third kappa shape index (κ3) is 4.48. The molecule has 0 bridgehead atoms. The second kappa shape index (κ2) is 8.06. The van der Waals surface area contributed by atoms with E-state index in [0.29, 0.717) is 17.3 Å². The standard InChI is InChI=1S/C19H19ClFN3O3S2/c20-18-2-1-14(28-18)5-8-29(26,27)23-16-4-7-24(19(16)25)17-10-12-3-6-22-11-13(12)9-15(17)21/h1-2,4,9-10,22-23H,3,5-8,11H2. The van der Waals surface area contributed by atoms with Crippen LogP contribution in [0.1, 0.15) is 16.0 Å². The Bertz CT molecular complexity index is 1100. The van der Waals surface area contributed by atoms with E-state index in [4.69, 9.17) is 11.6 Å². The second-order valence-corrected chi connectivity index (χ2v) is 10.6. The van der Waals surface area contributed by atoms with E-state index in [9.17, 15) is 17.6 Å². The van der Waals surface area contributed by atoms with E-state index in [0.717, 1.165) is 29.0 Å². The first-order valence-electron chi connectivity index (χ1n) is 9.11. The predicted molar refractivity (Wildman–Crippen MR) is 112 cm³/mol. The minimum Gasteiger partial charge on any atom is -0.312 e. The average Bonchev–Trinajstić information content (AvgIpc) is 3.25. The largest absolute Gasteiger partial charge is 0.312 e.